The topological polar surface area (TPSA) is 107 Å². The zero-order valence-corrected chi connectivity index (χ0v) is 21.8. The Hall–Kier alpha value is -2.85. The summed E-state index contributed by atoms with van der Waals surface area (Å²) in [4.78, 5) is 38.3. The minimum absolute atomic E-state index is 0.132. The Balaban J connectivity index is 1.75. The van der Waals surface area contributed by atoms with Crippen LogP contribution in [0.3, 0.4) is 0 Å². The van der Waals surface area contributed by atoms with E-state index in [1.165, 1.54) is 4.57 Å². The number of aromatic nitrogens is 1. The number of carbonyl (C=O) groups is 2. The number of amides is 1. The number of esters is 1. The highest BCUT2D eigenvalue weighted by atomic mass is 79.9. The molecule has 2 N–H and O–H groups in total. The monoisotopic (exact) mass is 592 g/mol. The fourth-order valence-electron chi connectivity index (χ4n) is 3.78. The van der Waals surface area contributed by atoms with E-state index in [0.29, 0.717) is 15.7 Å². The number of rotatable bonds is 4. The lowest BCUT2D eigenvalue weighted by Gasteiger charge is -2.29. The van der Waals surface area contributed by atoms with Gasteiger partial charge in [-0.1, -0.05) is 28.1 Å². The number of hydrogen-bond donors (Lipinski definition) is 2. The van der Waals surface area contributed by atoms with Crippen molar-refractivity contribution in [3.05, 3.63) is 66.8 Å². The molecule has 1 atom stereocenters. The first-order chi connectivity index (χ1) is 16.0. The van der Waals surface area contributed by atoms with E-state index >= 15 is 0 Å². The first-order valence-corrected chi connectivity index (χ1v) is 12.0. The first kappa shape index (κ1) is 24.3. The number of nitrogens with zero attached hydrogens (tertiary/aromatic N) is 1. The van der Waals surface area contributed by atoms with Crippen LogP contribution in [-0.2, 0) is 16.1 Å². The molecule has 0 bridgehead atoms. The van der Waals surface area contributed by atoms with Crippen molar-refractivity contribution in [2.45, 2.75) is 39.0 Å². The maximum absolute atomic E-state index is 13.4. The van der Waals surface area contributed by atoms with Gasteiger partial charge in [0.25, 0.3) is 11.5 Å². The molecule has 4 rings (SSSR count). The van der Waals surface area contributed by atoms with E-state index in [2.05, 4.69) is 37.2 Å². The molecule has 1 aromatic heterocycles. The Labute approximate surface area is 212 Å². The second kappa shape index (κ2) is 9.07. The van der Waals surface area contributed by atoms with Gasteiger partial charge in [0.15, 0.2) is 5.75 Å². The molecule has 0 fully saturated rings. The highest BCUT2D eigenvalue weighted by Gasteiger charge is 2.31. The summed E-state index contributed by atoms with van der Waals surface area (Å²) in [6, 6.07) is 10.8. The van der Waals surface area contributed by atoms with Crippen LogP contribution in [0.4, 0.5) is 0 Å². The van der Waals surface area contributed by atoms with Crippen LogP contribution in [0, 0.1) is 0 Å². The molecule has 10 heteroatoms. The second-order valence-corrected chi connectivity index (χ2v) is 10.6. The smallest absolute Gasteiger partial charge is 0.325 e. The predicted molar refractivity (Wildman–Crippen MR) is 133 cm³/mol. The molecule has 1 aliphatic heterocycles. The molecule has 3 aromatic rings. The summed E-state index contributed by atoms with van der Waals surface area (Å²) in [6.07, 6.45) is -0.498. The van der Waals surface area contributed by atoms with E-state index in [9.17, 15) is 19.5 Å². The minimum Gasteiger partial charge on any atom is -0.506 e. The van der Waals surface area contributed by atoms with Crippen LogP contribution < -0.4 is 15.6 Å². The van der Waals surface area contributed by atoms with E-state index in [-0.39, 0.29) is 11.9 Å². The molecule has 0 saturated carbocycles. The Morgan fingerprint density at radius 2 is 1.85 bits per heavy atom. The number of carbonyl (C=O) groups excluding carboxylic acids is 2. The van der Waals surface area contributed by atoms with E-state index < -0.39 is 47.0 Å². The van der Waals surface area contributed by atoms with Crippen molar-refractivity contribution >= 4 is 54.6 Å². The summed E-state index contributed by atoms with van der Waals surface area (Å²) in [7, 11) is 0. The molecule has 0 saturated heterocycles. The number of ether oxygens (including phenoxy) is 2. The fraction of sp³-hybridized carbons (Fsp3) is 0.292. The van der Waals surface area contributed by atoms with Crippen molar-refractivity contribution in [3.8, 4) is 11.5 Å². The number of pyridine rings is 1. The summed E-state index contributed by atoms with van der Waals surface area (Å²) >= 11 is 6.87. The zero-order chi connectivity index (χ0) is 24.8. The van der Waals surface area contributed by atoms with Gasteiger partial charge in [0, 0.05) is 9.86 Å². The van der Waals surface area contributed by atoms with Gasteiger partial charge in [0.1, 0.15) is 29.6 Å². The molecule has 178 valence electrons. The fourth-order valence-corrected chi connectivity index (χ4v) is 4.46. The molecule has 1 amide bonds. The van der Waals surface area contributed by atoms with Crippen LogP contribution in [0.1, 0.15) is 42.8 Å². The highest BCUT2D eigenvalue weighted by molar-refractivity contribution is 9.10. The summed E-state index contributed by atoms with van der Waals surface area (Å²) in [5.74, 6) is -1.60. The van der Waals surface area contributed by atoms with Crippen molar-refractivity contribution in [2.24, 2.45) is 0 Å². The van der Waals surface area contributed by atoms with Crippen molar-refractivity contribution in [2.75, 3.05) is 6.54 Å². The third kappa shape index (κ3) is 4.69. The SMILES string of the molecule is CC(C)(C)OC(=O)CNC(=O)c1c(O)c2ccc(Br)c3c2n(c1=O)CC(c1ccc(Br)cc1)O3. The summed E-state index contributed by atoms with van der Waals surface area (Å²) in [6.45, 7) is 4.81. The van der Waals surface area contributed by atoms with Gasteiger partial charge >= 0.3 is 5.97 Å². The second-order valence-electron chi connectivity index (χ2n) is 8.84. The van der Waals surface area contributed by atoms with E-state index in [1.54, 1.807) is 32.9 Å². The maximum atomic E-state index is 13.4. The van der Waals surface area contributed by atoms with Crippen molar-refractivity contribution in [1.29, 1.82) is 0 Å². The zero-order valence-electron chi connectivity index (χ0n) is 18.6. The van der Waals surface area contributed by atoms with Gasteiger partial charge in [-0.3, -0.25) is 19.0 Å². The molecular formula is C24H22Br2N2O6. The summed E-state index contributed by atoms with van der Waals surface area (Å²) < 4.78 is 14.3. The van der Waals surface area contributed by atoms with Crippen molar-refractivity contribution in [1.82, 2.24) is 9.88 Å². The van der Waals surface area contributed by atoms with Gasteiger partial charge in [-0.05, 0) is 66.5 Å². The molecule has 1 aliphatic rings. The van der Waals surface area contributed by atoms with Gasteiger partial charge in [0.05, 0.1) is 16.5 Å². The van der Waals surface area contributed by atoms with Crippen LogP contribution in [0.5, 0.6) is 11.5 Å². The Morgan fingerprint density at radius 3 is 2.50 bits per heavy atom. The number of halogens is 2. The lowest BCUT2D eigenvalue weighted by molar-refractivity contribution is -0.153. The van der Waals surface area contributed by atoms with Crippen molar-refractivity contribution < 1.29 is 24.2 Å². The molecule has 2 aromatic carbocycles. The predicted octanol–water partition coefficient (Wildman–Crippen LogP) is 4.44. The average molecular weight is 594 g/mol. The molecule has 34 heavy (non-hydrogen) atoms. The number of benzene rings is 2. The Bertz CT molecular complexity index is 1360. The van der Waals surface area contributed by atoms with Crippen molar-refractivity contribution in [3.63, 3.8) is 0 Å². The van der Waals surface area contributed by atoms with Gasteiger partial charge in [-0.2, -0.15) is 0 Å². The third-order valence-electron chi connectivity index (χ3n) is 5.19. The molecule has 2 heterocycles. The van der Waals surface area contributed by atoms with Gasteiger partial charge in [-0.25, -0.2) is 0 Å². The molecule has 0 radical (unpaired) electrons. The Kier molecular flexibility index (Phi) is 6.48. The van der Waals surface area contributed by atoms with Crippen LogP contribution >= 0.6 is 31.9 Å². The standard InChI is InChI=1S/C24H22Br2N2O6/c1-24(2,3)34-17(29)10-27-22(31)18-20(30)14-8-9-15(26)21-19(14)28(23(18)32)11-16(33-21)12-4-6-13(25)7-5-12/h4-9,16,30H,10-11H2,1-3H3,(H,27,31). The minimum atomic E-state index is -0.866. The quantitative estimate of drug-likeness (QED) is 0.433. The van der Waals surface area contributed by atoms with Crippen LogP contribution in [-0.4, -0.2) is 33.7 Å². The molecule has 1 unspecified atom stereocenters. The number of aromatic hydroxyl groups is 1. The molecule has 0 aliphatic carbocycles. The first-order valence-electron chi connectivity index (χ1n) is 10.5. The molecule has 8 nitrogen and oxygen atoms in total. The van der Waals surface area contributed by atoms with Crippen LogP contribution in [0.15, 0.2) is 50.1 Å². The average Bonchev–Trinajstić information content (AvgIpc) is 2.76. The van der Waals surface area contributed by atoms with Crippen LogP contribution in [0.25, 0.3) is 10.9 Å². The number of nitrogens with one attached hydrogen (secondary N) is 1. The van der Waals surface area contributed by atoms with E-state index in [0.717, 1.165) is 10.0 Å². The highest BCUT2D eigenvalue weighted by Crippen LogP contribution is 2.43. The van der Waals surface area contributed by atoms with E-state index in [1.807, 2.05) is 24.3 Å². The van der Waals surface area contributed by atoms with Gasteiger partial charge < -0.3 is 19.9 Å². The largest absolute Gasteiger partial charge is 0.506 e. The molecular weight excluding hydrogens is 572 g/mol. The van der Waals surface area contributed by atoms with Gasteiger partial charge in [-0.15, -0.1) is 0 Å². The van der Waals surface area contributed by atoms with Crippen LogP contribution in [0.2, 0.25) is 0 Å². The lowest BCUT2D eigenvalue weighted by Crippen LogP contribution is -2.39. The normalized spacial score (nSPS) is 15.0. The molecule has 0 spiro atoms. The Morgan fingerprint density at radius 1 is 1.18 bits per heavy atom. The summed E-state index contributed by atoms with van der Waals surface area (Å²) in [5.41, 5.74) is -0.623. The lowest BCUT2D eigenvalue weighted by atomic mass is 10.0. The number of hydrogen-bond acceptors (Lipinski definition) is 6. The maximum Gasteiger partial charge on any atom is 0.325 e. The third-order valence-corrected chi connectivity index (χ3v) is 6.35. The summed E-state index contributed by atoms with van der Waals surface area (Å²) in [5, 5.41) is 13.5. The van der Waals surface area contributed by atoms with E-state index in [4.69, 9.17) is 9.47 Å². The van der Waals surface area contributed by atoms with Gasteiger partial charge in [0.2, 0.25) is 0 Å².